The highest BCUT2D eigenvalue weighted by Crippen LogP contribution is 2.44. The van der Waals surface area contributed by atoms with Crippen LogP contribution in [-0.4, -0.2) is 22.7 Å². The van der Waals surface area contributed by atoms with Crippen LogP contribution >= 0.6 is 0 Å². The van der Waals surface area contributed by atoms with Crippen LogP contribution in [0.1, 0.15) is 36.3 Å². The molecule has 29 heavy (non-hydrogen) atoms. The van der Waals surface area contributed by atoms with Gasteiger partial charge in [-0.1, -0.05) is 36.8 Å². The van der Waals surface area contributed by atoms with E-state index in [1.165, 1.54) is 0 Å². The van der Waals surface area contributed by atoms with Crippen molar-refractivity contribution in [3.8, 4) is 17.2 Å². The molecule has 1 saturated carbocycles. The Morgan fingerprint density at radius 1 is 1.17 bits per heavy atom. The maximum atomic E-state index is 11.6. The number of hydrogen-bond acceptors (Lipinski definition) is 4. The number of aryl methyl sites for hydroxylation is 1. The number of rotatable bonds is 8. The summed E-state index contributed by atoms with van der Waals surface area (Å²) in [5.41, 5.74) is 2.26. The quantitative estimate of drug-likeness (QED) is 0.580. The van der Waals surface area contributed by atoms with Gasteiger partial charge in [0.1, 0.15) is 11.5 Å². The Morgan fingerprint density at radius 3 is 2.66 bits per heavy atom. The summed E-state index contributed by atoms with van der Waals surface area (Å²) in [5, 5.41) is 9.55. The van der Waals surface area contributed by atoms with Crippen LogP contribution in [0, 0.1) is 12.3 Å². The Balaban J connectivity index is 1.37. The smallest absolute Gasteiger partial charge is 0.309 e. The molecule has 2 aromatic carbocycles. The van der Waals surface area contributed by atoms with Gasteiger partial charge >= 0.3 is 5.97 Å². The third-order valence-electron chi connectivity index (χ3n) is 5.73. The number of oxazole rings is 1. The summed E-state index contributed by atoms with van der Waals surface area (Å²) < 4.78 is 11.7. The lowest BCUT2D eigenvalue weighted by Gasteiger charge is -2.37. The molecule has 1 aromatic heterocycles. The van der Waals surface area contributed by atoms with Gasteiger partial charge in [0.15, 0.2) is 0 Å². The van der Waals surface area contributed by atoms with Crippen molar-refractivity contribution in [3.05, 3.63) is 71.6 Å². The molecule has 3 aromatic rings. The van der Waals surface area contributed by atoms with Gasteiger partial charge in [0.25, 0.3) is 0 Å². The van der Waals surface area contributed by atoms with Gasteiger partial charge in [-0.2, -0.15) is 0 Å². The predicted octanol–water partition coefficient (Wildman–Crippen LogP) is 5.07. The van der Waals surface area contributed by atoms with E-state index >= 15 is 0 Å². The van der Waals surface area contributed by atoms with E-state index in [0.29, 0.717) is 25.3 Å². The molecule has 1 fully saturated rings. The van der Waals surface area contributed by atoms with Gasteiger partial charge in [-0.15, -0.1) is 0 Å². The second-order valence-corrected chi connectivity index (χ2v) is 7.75. The van der Waals surface area contributed by atoms with Crippen LogP contribution in [0.3, 0.4) is 0 Å². The molecule has 0 saturated heterocycles. The third kappa shape index (κ3) is 4.19. The highest BCUT2D eigenvalue weighted by Gasteiger charge is 2.44. The van der Waals surface area contributed by atoms with Crippen molar-refractivity contribution in [1.29, 1.82) is 0 Å². The number of nitrogens with zero attached hydrogens (tertiary/aromatic N) is 1. The van der Waals surface area contributed by atoms with Crippen LogP contribution in [0.4, 0.5) is 0 Å². The minimum absolute atomic E-state index is 0.481. The summed E-state index contributed by atoms with van der Waals surface area (Å²) in [6.45, 7) is 2.40. The SMILES string of the molecule is Cc1oc(-c2ccccc2)nc1CCOc1cccc(CC2(C(=O)O)CCC2)c1. The van der Waals surface area contributed by atoms with E-state index in [4.69, 9.17) is 9.15 Å². The average molecular weight is 391 g/mol. The molecule has 0 atom stereocenters. The normalized spacial score (nSPS) is 14.9. The Hall–Kier alpha value is -3.08. The van der Waals surface area contributed by atoms with Gasteiger partial charge in [-0.3, -0.25) is 4.79 Å². The van der Waals surface area contributed by atoms with Crippen molar-refractivity contribution in [2.75, 3.05) is 6.61 Å². The summed E-state index contributed by atoms with van der Waals surface area (Å²) in [7, 11) is 0. The summed E-state index contributed by atoms with van der Waals surface area (Å²) in [6.07, 6.45) is 3.70. The molecule has 1 aliphatic carbocycles. The largest absolute Gasteiger partial charge is 0.493 e. The van der Waals surface area contributed by atoms with E-state index < -0.39 is 11.4 Å². The van der Waals surface area contributed by atoms with Gasteiger partial charge in [-0.25, -0.2) is 4.98 Å². The Kier molecular flexibility index (Phi) is 5.38. The van der Waals surface area contributed by atoms with Crippen LogP contribution in [-0.2, 0) is 17.6 Å². The van der Waals surface area contributed by atoms with Gasteiger partial charge in [0.05, 0.1) is 17.7 Å². The van der Waals surface area contributed by atoms with Crippen LogP contribution in [0.5, 0.6) is 5.75 Å². The minimum atomic E-state index is -0.689. The molecule has 0 amide bonds. The minimum Gasteiger partial charge on any atom is -0.493 e. The first-order valence-corrected chi connectivity index (χ1v) is 10.0. The molecule has 4 rings (SSSR count). The van der Waals surface area contributed by atoms with Crippen molar-refractivity contribution in [2.24, 2.45) is 5.41 Å². The standard InChI is InChI=1S/C24H25NO4/c1-17-21(25-22(29-17)19-8-3-2-4-9-19)11-14-28-20-10-5-7-18(15-20)16-24(23(26)27)12-6-13-24/h2-5,7-10,15H,6,11-14,16H2,1H3,(H,26,27). The van der Waals surface area contributed by atoms with Crippen molar-refractivity contribution in [2.45, 2.75) is 39.0 Å². The lowest BCUT2D eigenvalue weighted by Crippen LogP contribution is -2.39. The Morgan fingerprint density at radius 2 is 1.97 bits per heavy atom. The number of benzene rings is 2. The lowest BCUT2D eigenvalue weighted by molar-refractivity contribution is -0.154. The van der Waals surface area contributed by atoms with E-state index in [9.17, 15) is 9.90 Å². The fourth-order valence-corrected chi connectivity index (χ4v) is 3.84. The maximum Gasteiger partial charge on any atom is 0.309 e. The number of carboxylic acids is 1. The van der Waals surface area contributed by atoms with Gasteiger partial charge in [-0.05, 0) is 56.0 Å². The van der Waals surface area contributed by atoms with Crippen molar-refractivity contribution < 1.29 is 19.1 Å². The fourth-order valence-electron chi connectivity index (χ4n) is 3.84. The average Bonchev–Trinajstić information content (AvgIpc) is 3.06. The molecular formula is C24H25NO4. The zero-order valence-electron chi connectivity index (χ0n) is 16.6. The first kappa shape index (κ1) is 19.2. The third-order valence-corrected chi connectivity index (χ3v) is 5.73. The Bertz CT molecular complexity index is 989. The van der Waals surface area contributed by atoms with E-state index in [1.54, 1.807) is 0 Å². The number of aliphatic carboxylic acids is 1. The molecule has 1 aliphatic rings. The zero-order valence-corrected chi connectivity index (χ0v) is 16.6. The second-order valence-electron chi connectivity index (χ2n) is 7.75. The molecule has 1 heterocycles. The molecular weight excluding hydrogens is 366 g/mol. The van der Waals surface area contributed by atoms with Gasteiger partial charge < -0.3 is 14.3 Å². The van der Waals surface area contributed by atoms with Crippen LogP contribution in [0.2, 0.25) is 0 Å². The molecule has 0 spiro atoms. The first-order chi connectivity index (χ1) is 14.1. The molecule has 0 unspecified atom stereocenters. The highest BCUT2D eigenvalue weighted by molar-refractivity contribution is 5.76. The number of hydrogen-bond donors (Lipinski definition) is 1. The second kappa shape index (κ2) is 8.11. The summed E-state index contributed by atoms with van der Waals surface area (Å²) in [4.78, 5) is 16.2. The number of ether oxygens (including phenoxy) is 1. The topological polar surface area (TPSA) is 72.6 Å². The highest BCUT2D eigenvalue weighted by atomic mass is 16.5. The maximum absolute atomic E-state index is 11.6. The van der Waals surface area contributed by atoms with E-state index in [-0.39, 0.29) is 0 Å². The van der Waals surface area contributed by atoms with Crippen molar-refractivity contribution in [3.63, 3.8) is 0 Å². The number of carboxylic acid groups (broad SMARTS) is 1. The Labute approximate surface area is 170 Å². The monoisotopic (exact) mass is 391 g/mol. The van der Waals surface area contributed by atoms with Crippen molar-refractivity contribution in [1.82, 2.24) is 4.98 Å². The van der Waals surface area contributed by atoms with Crippen LogP contribution in [0.25, 0.3) is 11.5 Å². The first-order valence-electron chi connectivity index (χ1n) is 10.0. The van der Waals surface area contributed by atoms with Gasteiger partial charge in [0.2, 0.25) is 5.89 Å². The van der Waals surface area contributed by atoms with E-state index in [0.717, 1.165) is 47.6 Å². The molecule has 0 bridgehead atoms. The van der Waals surface area contributed by atoms with E-state index in [2.05, 4.69) is 4.98 Å². The molecule has 0 radical (unpaired) electrons. The van der Waals surface area contributed by atoms with E-state index in [1.807, 2.05) is 61.5 Å². The number of aromatic nitrogens is 1. The van der Waals surface area contributed by atoms with Crippen molar-refractivity contribution >= 4 is 5.97 Å². The molecule has 5 heteroatoms. The lowest BCUT2D eigenvalue weighted by atomic mass is 9.65. The zero-order chi connectivity index (χ0) is 20.3. The molecule has 150 valence electrons. The summed E-state index contributed by atoms with van der Waals surface area (Å²) in [5.74, 6) is 1.49. The number of carbonyl (C=O) groups is 1. The summed E-state index contributed by atoms with van der Waals surface area (Å²) >= 11 is 0. The van der Waals surface area contributed by atoms with Gasteiger partial charge in [0, 0.05) is 12.0 Å². The molecule has 5 nitrogen and oxygen atoms in total. The van der Waals surface area contributed by atoms with Crippen LogP contribution < -0.4 is 4.74 Å². The fraction of sp³-hybridized carbons (Fsp3) is 0.333. The van der Waals surface area contributed by atoms with Crippen LogP contribution in [0.15, 0.2) is 59.0 Å². The molecule has 1 N–H and O–H groups in total. The predicted molar refractivity (Wildman–Crippen MR) is 110 cm³/mol. The summed E-state index contributed by atoms with van der Waals surface area (Å²) in [6, 6.07) is 17.6. The molecule has 0 aliphatic heterocycles.